The van der Waals surface area contributed by atoms with E-state index in [1.54, 1.807) is 0 Å². The molecule has 0 aliphatic heterocycles. The first-order valence-corrected chi connectivity index (χ1v) is 6.56. The van der Waals surface area contributed by atoms with Crippen LogP contribution in [0.3, 0.4) is 0 Å². The van der Waals surface area contributed by atoms with Gasteiger partial charge in [-0.05, 0) is 63.2 Å². The average Bonchev–Trinajstić information content (AvgIpc) is 3.04. The van der Waals surface area contributed by atoms with Gasteiger partial charge in [-0.25, -0.2) is 0 Å². The van der Waals surface area contributed by atoms with Crippen LogP contribution in [0.15, 0.2) is 4.99 Å². The van der Waals surface area contributed by atoms with E-state index in [0.29, 0.717) is 0 Å². The smallest absolute Gasteiger partial charge is 0.394 e. The van der Waals surface area contributed by atoms with Crippen molar-refractivity contribution >= 4 is 6.21 Å². The van der Waals surface area contributed by atoms with Gasteiger partial charge in [-0.15, -0.1) is 0 Å². The molecule has 1 atom stereocenters. The van der Waals surface area contributed by atoms with Gasteiger partial charge in [0.2, 0.25) is 0 Å². The Bertz CT molecular complexity index is 243. The summed E-state index contributed by atoms with van der Waals surface area (Å²) >= 11 is 0. The second kappa shape index (κ2) is 10.8. The molecule has 2 rings (SSSR count). The maximum Gasteiger partial charge on any atom is 2.00 e. The van der Waals surface area contributed by atoms with Gasteiger partial charge in [0.1, 0.15) is 0 Å². The second-order valence-corrected chi connectivity index (χ2v) is 5.52. The normalized spacial score (nSPS) is 21.4. The molecule has 108 valence electrons. The number of hydrogen-bond acceptors (Lipinski definition) is 2. The molecule has 3 heteroatoms. The fourth-order valence-electron chi connectivity index (χ4n) is 1.52. The standard InChI is InChI=1S/C12H18NO.C5H5.Fe/c1-12(2,3)11(9-14)13-8-10-6-4-5-7-10;1-2-4-5-3-1;/h4-8,11,14H,9H2,1-3H3;1-5H;/q;;+2/t11-;;/m1../s1. The summed E-state index contributed by atoms with van der Waals surface area (Å²) in [5.74, 6) is 1.09. The van der Waals surface area contributed by atoms with Gasteiger partial charge < -0.3 is 5.11 Å². The summed E-state index contributed by atoms with van der Waals surface area (Å²) in [5, 5.41) is 9.18. The molecule has 0 aromatic heterocycles. The zero-order valence-corrected chi connectivity index (χ0v) is 13.4. The molecule has 2 aliphatic rings. The van der Waals surface area contributed by atoms with Crippen molar-refractivity contribution in [1.82, 2.24) is 0 Å². The molecule has 2 aliphatic carbocycles. The maximum atomic E-state index is 9.18. The van der Waals surface area contributed by atoms with Crippen LogP contribution in [0.5, 0.6) is 0 Å². The summed E-state index contributed by atoms with van der Waals surface area (Å²) in [6, 6.07) is -0.0302. The van der Waals surface area contributed by atoms with Gasteiger partial charge >= 0.3 is 17.1 Å². The van der Waals surface area contributed by atoms with Crippen molar-refractivity contribution in [1.29, 1.82) is 0 Å². The maximum absolute atomic E-state index is 9.18. The first kappa shape index (κ1) is 20.1. The van der Waals surface area contributed by atoms with Crippen LogP contribution in [0.25, 0.3) is 0 Å². The monoisotopic (exact) mass is 313 g/mol. The van der Waals surface area contributed by atoms with E-state index >= 15 is 0 Å². The minimum Gasteiger partial charge on any atom is -0.394 e. The molecule has 0 amide bonds. The Hall–Kier alpha value is 0.149. The topological polar surface area (TPSA) is 32.6 Å². The Morgan fingerprint density at radius 1 is 1.00 bits per heavy atom. The first-order valence-electron chi connectivity index (χ1n) is 6.56. The zero-order chi connectivity index (χ0) is 14.1. The van der Waals surface area contributed by atoms with E-state index in [9.17, 15) is 5.11 Å². The Morgan fingerprint density at radius 3 is 1.80 bits per heavy atom. The SMILES string of the molecule is CC(C)(C)[C@@H](CO)N=C[C]1[CH][CH][CH][CH]1.[CH]1[CH][CH][CH][CH]1.[Fe+2]. The number of aliphatic imine (C=N–C) groups is 1. The fourth-order valence-corrected chi connectivity index (χ4v) is 1.52. The first-order chi connectivity index (χ1) is 9.04. The Morgan fingerprint density at radius 2 is 1.45 bits per heavy atom. The van der Waals surface area contributed by atoms with Crippen LogP contribution in [0, 0.1) is 69.1 Å². The Labute approximate surface area is 136 Å². The van der Waals surface area contributed by atoms with E-state index in [0.717, 1.165) is 5.92 Å². The Kier molecular flexibility index (Phi) is 10.9. The van der Waals surface area contributed by atoms with Crippen LogP contribution < -0.4 is 0 Å². The average molecular weight is 313 g/mol. The number of aliphatic hydroxyl groups excluding tert-OH is 1. The van der Waals surface area contributed by atoms with E-state index in [4.69, 9.17) is 0 Å². The third-order valence-corrected chi connectivity index (χ3v) is 2.82. The van der Waals surface area contributed by atoms with Crippen molar-refractivity contribution < 1.29 is 22.2 Å². The summed E-state index contributed by atoms with van der Waals surface area (Å²) in [7, 11) is 0. The van der Waals surface area contributed by atoms with Crippen LogP contribution in [0.4, 0.5) is 0 Å². The molecule has 2 nitrogen and oxygen atoms in total. The number of aliphatic hydroxyl groups is 1. The number of hydrogen-bond donors (Lipinski definition) is 1. The van der Waals surface area contributed by atoms with Gasteiger partial charge in [0, 0.05) is 12.1 Å². The summed E-state index contributed by atoms with van der Waals surface area (Å²) in [5.41, 5.74) is 0.0117. The molecule has 0 heterocycles. The third-order valence-electron chi connectivity index (χ3n) is 2.82. The van der Waals surface area contributed by atoms with Crippen molar-refractivity contribution in [3.63, 3.8) is 0 Å². The number of nitrogens with zero attached hydrogens (tertiary/aromatic N) is 1. The minimum atomic E-state index is -0.0302. The van der Waals surface area contributed by atoms with Crippen molar-refractivity contribution in [2.75, 3.05) is 6.61 Å². The molecule has 2 saturated carbocycles. The molecule has 1 N–H and O–H groups in total. The molecule has 0 bridgehead atoms. The molecule has 0 aromatic rings. The molecular formula is C17H23FeNO+2. The Balaban J connectivity index is 0.000000507. The molecule has 0 unspecified atom stereocenters. The molecule has 20 heavy (non-hydrogen) atoms. The van der Waals surface area contributed by atoms with Crippen molar-refractivity contribution in [2.24, 2.45) is 10.4 Å². The predicted molar refractivity (Wildman–Crippen MR) is 80.8 cm³/mol. The van der Waals surface area contributed by atoms with Gasteiger partial charge in [0.25, 0.3) is 0 Å². The van der Waals surface area contributed by atoms with Gasteiger partial charge in [-0.1, -0.05) is 20.8 Å². The number of rotatable bonds is 3. The van der Waals surface area contributed by atoms with Gasteiger partial charge in [-0.2, -0.15) is 0 Å². The van der Waals surface area contributed by atoms with Crippen molar-refractivity contribution in [3.05, 3.63) is 63.7 Å². The van der Waals surface area contributed by atoms with Crippen LogP contribution in [-0.2, 0) is 17.1 Å². The van der Waals surface area contributed by atoms with Crippen molar-refractivity contribution in [3.8, 4) is 0 Å². The van der Waals surface area contributed by atoms with E-state index < -0.39 is 0 Å². The molecule has 0 aromatic carbocycles. The molecule has 0 saturated heterocycles. The van der Waals surface area contributed by atoms with E-state index in [-0.39, 0.29) is 35.1 Å². The molecule has 0 spiro atoms. The van der Waals surface area contributed by atoms with Gasteiger partial charge in [0.15, 0.2) is 0 Å². The fraction of sp³-hybridized carbons (Fsp3) is 0.353. The van der Waals surface area contributed by atoms with Crippen LogP contribution in [-0.4, -0.2) is 24.0 Å². The summed E-state index contributed by atoms with van der Waals surface area (Å²) in [6.07, 6.45) is 19.8. The van der Waals surface area contributed by atoms with E-state index in [2.05, 4.69) is 25.8 Å². The zero-order valence-electron chi connectivity index (χ0n) is 12.3. The molecule has 2 fully saturated rings. The van der Waals surface area contributed by atoms with Gasteiger partial charge in [0.05, 0.1) is 12.6 Å². The summed E-state index contributed by atoms with van der Waals surface area (Å²) in [4.78, 5) is 4.38. The molecular weight excluding hydrogens is 290 g/mol. The van der Waals surface area contributed by atoms with Gasteiger partial charge in [-0.3, -0.25) is 4.99 Å². The van der Waals surface area contributed by atoms with Crippen LogP contribution in [0.1, 0.15) is 20.8 Å². The second-order valence-electron chi connectivity index (χ2n) is 5.52. The third kappa shape index (κ3) is 8.44. The van der Waals surface area contributed by atoms with Crippen LogP contribution >= 0.6 is 0 Å². The largest absolute Gasteiger partial charge is 2.00 e. The summed E-state index contributed by atoms with van der Waals surface area (Å²) < 4.78 is 0. The van der Waals surface area contributed by atoms with Crippen LogP contribution in [0.2, 0.25) is 0 Å². The quantitative estimate of drug-likeness (QED) is 0.631. The summed E-state index contributed by atoms with van der Waals surface area (Å²) in [6.45, 7) is 6.34. The minimum absolute atomic E-state index is 0. The predicted octanol–water partition coefficient (Wildman–Crippen LogP) is 2.89. The van der Waals surface area contributed by atoms with E-state index in [1.165, 1.54) is 0 Å². The van der Waals surface area contributed by atoms with Crippen molar-refractivity contribution in [2.45, 2.75) is 26.8 Å². The van der Waals surface area contributed by atoms with E-state index in [1.807, 2.05) is 64.0 Å². The molecule has 10 radical (unpaired) electrons.